The average Bonchev–Trinajstić information content (AvgIpc) is 1.68. The Labute approximate surface area is 746 Å². The summed E-state index contributed by atoms with van der Waals surface area (Å²) in [6.45, 7) is 32.4. The van der Waals surface area contributed by atoms with Gasteiger partial charge in [-0.2, -0.15) is 0 Å². The Bertz CT molecular complexity index is 5340. The van der Waals surface area contributed by atoms with E-state index in [9.17, 15) is 4.79 Å². The molecule has 30 heteroatoms. The SMILES string of the molecule is Brc1cnc(-c2ccc(N3CCNCC3)cc2)nc1.C/C(=N/O)c1cnc(-c2ccc(N3CCNCC3)cc2)nc1.CC(=O)c1cnc(-c2ccc(N3CCNCC3)cc2)nc1.CCc1cnc(-c2ccc(N3CCNCC3)cc2)nc1.CO/N=C(/C)c1cnc(-c2ccc(N3CCNCC3)cc2)nc1.c1cc(N2CCNCC2)ccc1-c1ncc(C2CC2)cn1. The molecule has 19 rings (SSSR count). The van der Waals surface area contributed by atoms with Crippen LogP contribution in [0.3, 0.4) is 0 Å². The van der Waals surface area contributed by atoms with Crippen LogP contribution in [0.5, 0.6) is 0 Å². The molecule has 29 nitrogen and oxygen atoms in total. The summed E-state index contributed by atoms with van der Waals surface area (Å²) in [5.74, 6) is 5.11. The van der Waals surface area contributed by atoms with Gasteiger partial charge in [-0.1, -0.05) is 17.2 Å². The van der Waals surface area contributed by atoms with Crippen LogP contribution in [0, 0.1) is 0 Å². The molecule has 6 aromatic heterocycles. The van der Waals surface area contributed by atoms with E-state index in [1.807, 2.05) is 56.0 Å². The molecule has 6 aromatic carbocycles. The zero-order chi connectivity index (χ0) is 87.0. The third-order valence-corrected chi connectivity index (χ3v) is 23.1. The summed E-state index contributed by atoms with van der Waals surface area (Å²) < 4.78 is 0.897. The van der Waals surface area contributed by atoms with Crippen LogP contribution >= 0.6 is 15.9 Å². The Balaban J connectivity index is 0.000000123. The molecule has 1 saturated carbocycles. The standard InChI is InChI=1S/C17H21N5O.C17H20N4.C16H19N5O.C16H18N4O.C16H20N4.C14H15BrN4/c1-13(21-23-2)15-11-19-17(20-12-15)14-3-5-16(6-4-14)22-9-7-18-8-10-22;1-2-13(1)15-11-19-17(20-12-15)14-3-5-16(6-4-14)21-9-7-18-8-10-21;1-12(20-22)14-10-18-16(19-11-14)13-2-4-15(5-3-13)21-8-6-17-7-9-21;1-12(21)14-10-18-16(19-11-14)13-2-4-15(5-3-13)20-8-6-17-7-9-20;1-2-13-11-18-16(19-12-13)14-3-5-15(6-4-14)20-9-7-17-8-10-20;15-12-9-17-14(18-10-12)11-1-3-13(4-2-11)19-7-5-16-6-8-19/h3-6,11-12,18H,7-10H2,1-2H3;3-6,11-13,18H,1-2,7-10H2;2-5,10-11,17,22H,6-9H2,1H3;2-5,10-11,17H,6-9H2,1H3;3-6,11-12,17H,2,7-10H2,1H3;1-4,9-10,16H,5-8H2/b21-13-;;20-12-;;;. The predicted molar refractivity (Wildman–Crippen MR) is 508 cm³/mol. The number of carbonyl (C=O) groups is 1. The minimum atomic E-state index is -0.0180. The quantitative estimate of drug-likeness (QED) is 0.0182. The number of benzene rings is 6. The Hall–Kier alpha value is -12.6. The number of carbonyl (C=O) groups excluding carboxylic acids is 1. The van der Waals surface area contributed by atoms with E-state index in [0.717, 1.165) is 230 Å². The highest BCUT2D eigenvalue weighted by Gasteiger charge is 2.25. The fourth-order valence-corrected chi connectivity index (χ4v) is 15.2. The number of hydrogen-bond donors (Lipinski definition) is 7. The molecule has 7 N–H and O–H groups in total. The number of aromatic nitrogens is 12. The lowest BCUT2D eigenvalue weighted by Gasteiger charge is -2.29. The maximum Gasteiger partial charge on any atom is 0.162 e. The van der Waals surface area contributed by atoms with Crippen LogP contribution in [-0.2, 0) is 11.3 Å². The average molecular weight is 1760 g/mol. The Morgan fingerprint density at radius 3 is 0.786 bits per heavy atom. The molecule has 126 heavy (non-hydrogen) atoms. The second-order valence-corrected chi connectivity index (χ2v) is 32.2. The highest BCUT2D eigenvalue weighted by atomic mass is 79.9. The Morgan fingerprint density at radius 2 is 0.563 bits per heavy atom. The Kier molecular flexibility index (Phi) is 33.1. The first-order valence-electron chi connectivity index (χ1n) is 43.6. The molecule has 12 heterocycles. The molecule has 12 aromatic rings. The number of anilines is 6. The van der Waals surface area contributed by atoms with Gasteiger partial charge in [-0.25, -0.2) is 59.8 Å². The van der Waals surface area contributed by atoms with Gasteiger partial charge >= 0.3 is 0 Å². The first-order chi connectivity index (χ1) is 61.9. The molecule has 1 aliphatic carbocycles. The maximum atomic E-state index is 11.2. The van der Waals surface area contributed by atoms with Gasteiger partial charge in [0, 0.05) is 310 Å². The number of oxime groups is 2. The number of aryl methyl sites for hydroxylation is 1. The second-order valence-electron chi connectivity index (χ2n) is 31.3. The van der Waals surface area contributed by atoms with Gasteiger partial charge < -0.3 is 71.3 Å². The normalized spacial score (nSPS) is 16.0. The number of hydrogen-bond acceptors (Lipinski definition) is 29. The van der Waals surface area contributed by atoms with E-state index in [2.05, 4.69) is 276 Å². The highest BCUT2D eigenvalue weighted by Crippen LogP contribution is 2.40. The van der Waals surface area contributed by atoms with Crippen molar-refractivity contribution in [3.8, 4) is 68.3 Å². The molecule has 0 radical (unpaired) electrons. The number of piperazine rings is 6. The summed E-state index contributed by atoms with van der Waals surface area (Å²) in [5.41, 5.74) is 19.5. The number of Topliss-reactive ketones (excluding diaryl/α,β-unsaturated/α-hetero) is 1. The van der Waals surface area contributed by atoms with E-state index in [1.165, 1.54) is 72.1 Å². The van der Waals surface area contributed by atoms with E-state index in [4.69, 9.17) is 10.0 Å². The van der Waals surface area contributed by atoms with Gasteiger partial charge in [-0.05, 0) is 219 Å². The molecule has 0 spiro atoms. The van der Waals surface area contributed by atoms with Crippen LogP contribution in [-0.4, -0.2) is 246 Å². The van der Waals surface area contributed by atoms with Gasteiger partial charge in [-0.3, -0.25) is 4.79 Å². The van der Waals surface area contributed by atoms with Gasteiger partial charge in [-0.15, -0.1) is 0 Å². The number of ketones is 1. The lowest BCUT2D eigenvalue weighted by Crippen LogP contribution is -2.43. The second kappa shape index (κ2) is 46.4. The van der Waals surface area contributed by atoms with Crippen LogP contribution in [0.4, 0.5) is 34.1 Å². The molecule has 0 amide bonds. The summed E-state index contributed by atoms with van der Waals surface area (Å²) >= 11 is 3.34. The third-order valence-electron chi connectivity index (χ3n) is 22.7. The van der Waals surface area contributed by atoms with E-state index in [0.29, 0.717) is 40.2 Å². The van der Waals surface area contributed by atoms with Crippen molar-refractivity contribution in [1.82, 2.24) is 91.7 Å². The molecule has 0 bridgehead atoms. The maximum absolute atomic E-state index is 11.2. The molecule has 0 unspecified atom stereocenters. The van der Waals surface area contributed by atoms with Crippen LogP contribution in [0.1, 0.15) is 79.1 Å². The molecule has 6 saturated heterocycles. The topological polar surface area (TPSA) is 318 Å². The summed E-state index contributed by atoms with van der Waals surface area (Å²) in [6.07, 6.45) is 24.9. The largest absolute Gasteiger partial charge is 0.411 e. The minimum absolute atomic E-state index is 0.0180. The van der Waals surface area contributed by atoms with Crippen molar-refractivity contribution in [2.75, 3.05) is 194 Å². The fraction of sp³-hybridized carbons (Fsp3) is 0.344. The summed E-state index contributed by atoms with van der Waals surface area (Å²) in [7, 11) is 1.53. The van der Waals surface area contributed by atoms with Crippen molar-refractivity contribution in [2.24, 2.45) is 10.3 Å². The first kappa shape index (κ1) is 89.7. The van der Waals surface area contributed by atoms with E-state index in [-0.39, 0.29) is 5.78 Å². The number of nitrogens with zero attached hydrogens (tertiary/aromatic N) is 20. The molecule has 7 fully saturated rings. The van der Waals surface area contributed by atoms with Gasteiger partial charge in [0.25, 0.3) is 0 Å². The summed E-state index contributed by atoms with van der Waals surface area (Å²) in [6, 6.07) is 50.6. The zero-order valence-corrected chi connectivity index (χ0v) is 74.1. The van der Waals surface area contributed by atoms with Gasteiger partial charge in [0.2, 0.25) is 0 Å². The molecule has 6 aliphatic heterocycles. The van der Waals surface area contributed by atoms with E-state index >= 15 is 0 Å². The van der Waals surface area contributed by atoms with Crippen LogP contribution in [0.25, 0.3) is 68.3 Å². The van der Waals surface area contributed by atoms with Crippen LogP contribution in [0.15, 0.2) is 235 Å². The van der Waals surface area contributed by atoms with Crippen molar-refractivity contribution >= 4 is 67.3 Å². The molecular formula is C96H113BrN26O3. The number of rotatable bonds is 18. The number of nitrogens with one attached hydrogen (secondary N) is 6. The van der Waals surface area contributed by atoms with Crippen molar-refractivity contribution in [3.05, 3.63) is 252 Å². The predicted octanol–water partition coefficient (Wildman–Crippen LogP) is 12.3. The molecular weight excluding hydrogens is 1650 g/mol. The van der Waals surface area contributed by atoms with Gasteiger partial charge in [0.1, 0.15) is 7.11 Å². The zero-order valence-electron chi connectivity index (χ0n) is 72.5. The number of halogens is 1. The van der Waals surface area contributed by atoms with Crippen molar-refractivity contribution in [1.29, 1.82) is 0 Å². The van der Waals surface area contributed by atoms with Crippen molar-refractivity contribution < 1.29 is 14.8 Å². The van der Waals surface area contributed by atoms with Crippen LogP contribution in [0.2, 0.25) is 0 Å². The highest BCUT2D eigenvalue weighted by molar-refractivity contribution is 9.10. The summed E-state index contributed by atoms with van der Waals surface area (Å²) in [4.78, 5) is 82.8. The minimum Gasteiger partial charge on any atom is -0.411 e. The van der Waals surface area contributed by atoms with Gasteiger partial charge in [0.15, 0.2) is 40.7 Å². The van der Waals surface area contributed by atoms with Crippen LogP contribution < -0.4 is 61.3 Å². The van der Waals surface area contributed by atoms with Crippen molar-refractivity contribution in [3.63, 3.8) is 0 Å². The summed E-state index contributed by atoms with van der Waals surface area (Å²) in [5, 5.41) is 36.0. The van der Waals surface area contributed by atoms with Crippen molar-refractivity contribution in [2.45, 2.75) is 52.9 Å². The lowest BCUT2D eigenvalue weighted by atomic mass is 10.1. The third kappa shape index (κ3) is 25.8. The molecule has 0 atom stereocenters. The monoisotopic (exact) mass is 1760 g/mol. The lowest BCUT2D eigenvalue weighted by molar-refractivity contribution is 0.101. The van der Waals surface area contributed by atoms with E-state index < -0.39 is 0 Å². The van der Waals surface area contributed by atoms with E-state index in [1.54, 1.807) is 56.5 Å². The fourth-order valence-electron chi connectivity index (χ4n) is 15.0. The first-order valence-corrected chi connectivity index (χ1v) is 44.4. The van der Waals surface area contributed by atoms with Gasteiger partial charge in [0.05, 0.1) is 21.5 Å². The smallest absolute Gasteiger partial charge is 0.162 e. The Morgan fingerprint density at radius 1 is 0.341 bits per heavy atom. The molecule has 652 valence electrons. The molecule has 7 aliphatic rings.